The molecule has 5 heteroatoms. The second-order valence-corrected chi connectivity index (χ2v) is 26.7. The highest BCUT2D eigenvalue weighted by molar-refractivity contribution is 9.11. The van der Waals surface area contributed by atoms with E-state index in [1.54, 1.807) is 0 Å². The minimum atomic E-state index is -1.80. The van der Waals surface area contributed by atoms with E-state index in [1.807, 2.05) is 13.8 Å². The standard InChI is InChI=1S/C36H62Br2O2Si/c1-23(21-25(37)29(39)32(7,8)38)24-15-17-34(10)27-14-13-26-31(5,6)28(40-41(11,12)30(2,3)4)16-18-35(26)22-36(27,35)20-19-33(24,34)9/h23-28H,13-22H2,1-12H3/t23-,24-,25?,26+,27+,28+,33-,34+,35-,36+/m1/s1. The van der Waals surface area contributed by atoms with Crippen molar-refractivity contribution in [2.45, 2.75) is 167 Å². The Morgan fingerprint density at radius 1 is 0.878 bits per heavy atom. The lowest BCUT2D eigenvalue weighted by molar-refractivity contribution is -0.159. The third-order valence-corrected chi connectivity index (χ3v) is 21.2. The van der Waals surface area contributed by atoms with Crippen molar-refractivity contribution in [2.24, 2.45) is 50.7 Å². The molecule has 0 aromatic heterocycles. The van der Waals surface area contributed by atoms with Crippen molar-refractivity contribution in [1.82, 2.24) is 0 Å². The fraction of sp³-hybridized carbons (Fsp3) is 0.972. The van der Waals surface area contributed by atoms with Gasteiger partial charge in [-0.1, -0.05) is 87.2 Å². The fourth-order valence-corrected chi connectivity index (χ4v) is 15.2. The monoisotopic (exact) mass is 712 g/mol. The molecule has 0 N–H and O–H groups in total. The summed E-state index contributed by atoms with van der Waals surface area (Å²) >= 11 is 7.43. The fourth-order valence-electron chi connectivity index (χ4n) is 12.0. The van der Waals surface area contributed by atoms with Crippen LogP contribution in [0.2, 0.25) is 18.1 Å². The third-order valence-electron chi connectivity index (χ3n) is 15.5. The molecule has 2 nitrogen and oxygen atoms in total. The lowest BCUT2D eigenvalue weighted by Crippen LogP contribution is -2.59. The first-order valence-corrected chi connectivity index (χ1v) is 21.7. The summed E-state index contributed by atoms with van der Waals surface area (Å²) in [5, 5.41) is 0.266. The molecule has 0 radical (unpaired) electrons. The summed E-state index contributed by atoms with van der Waals surface area (Å²) in [4.78, 5) is 12.9. The van der Waals surface area contributed by atoms with Crippen molar-refractivity contribution >= 4 is 46.0 Å². The van der Waals surface area contributed by atoms with Crippen molar-refractivity contribution in [1.29, 1.82) is 0 Å². The Morgan fingerprint density at radius 2 is 1.46 bits per heavy atom. The lowest BCUT2D eigenvalue weighted by Gasteiger charge is -2.64. The minimum Gasteiger partial charge on any atom is -0.413 e. The summed E-state index contributed by atoms with van der Waals surface area (Å²) in [6.45, 7) is 29.1. The van der Waals surface area contributed by atoms with Gasteiger partial charge < -0.3 is 4.43 Å². The van der Waals surface area contributed by atoms with Crippen LogP contribution in [0.1, 0.15) is 133 Å². The van der Waals surface area contributed by atoms with Gasteiger partial charge in [-0.25, -0.2) is 0 Å². The Balaban J connectivity index is 1.35. The van der Waals surface area contributed by atoms with Crippen LogP contribution < -0.4 is 0 Å². The molecular formula is C36H62Br2O2Si. The van der Waals surface area contributed by atoms with Crippen LogP contribution >= 0.6 is 31.9 Å². The molecule has 236 valence electrons. The van der Waals surface area contributed by atoms with Gasteiger partial charge in [0, 0.05) is 0 Å². The van der Waals surface area contributed by atoms with Gasteiger partial charge in [0.15, 0.2) is 14.1 Å². The molecule has 2 spiro atoms. The highest BCUT2D eigenvalue weighted by Gasteiger charge is 2.82. The predicted octanol–water partition coefficient (Wildman–Crippen LogP) is 11.3. The van der Waals surface area contributed by atoms with Gasteiger partial charge in [0.25, 0.3) is 0 Å². The second kappa shape index (κ2) is 9.90. The molecule has 0 aliphatic heterocycles. The van der Waals surface area contributed by atoms with Crippen molar-refractivity contribution < 1.29 is 9.22 Å². The summed E-state index contributed by atoms with van der Waals surface area (Å²) in [6, 6.07) is 0. The molecule has 0 bridgehead atoms. The quantitative estimate of drug-likeness (QED) is 0.194. The first kappa shape index (κ1) is 33.2. The summed E-state index contributed by atoms with van der Waals surface area (Å²) in [6.07, 6.45) is 13.9. The summed E-state index contributed by atoms with van der Waals surface area (Å²) < 4.78 is 6.76. The van der Waals surface area contributed by atoms with Crippen molar-refractivity contribution in [3.8, 4) is 0 Å². The van der Waals surface area contributed by atoms with Gasteiger partial charge in [-0.15, -0.1) is 0 Å². The van der Waals surface area contributed by atoms with Crippen LogP contribution in [0.25, 0.3) is 0 Å². The molecule has 41 heavy (non-hydrogen) atoms. The number of hydrogen-bond acceptors (Lipinski definition) is 2. The van der Waals surface area contributed by atoms with Gasteiger partial charge in [0.2, 0.25) is 0 Å². The molecular weight excluding hydrogens is 652 g/mol. The lowest BCUT2D eigenvalue weighted by atomic mass is 9.41. The number of ketones is 1. The summed E-state index contributed by atoms with van der Waals surface area (Å²) in [7, 11) is -1.80. The molecule has 5 rings (SSSR count). The maximum Gasteiger partial charge on any atom is 0.192 e. The Morgan fingerprint density at radius 3 is 2.05 bits per heavy atom. The van der Waals surface area contributed by atoms with Crippen LogP contribution in [0.15, 0.2) is 0 Å². The zero-order valence-corrected chi connectivity index (χ0v) is 32.8. The molecule has 5 fully saturated rings. The van der Waals surface area contributed by atoms with Gasteiger partial charge >= 0.3 is 0 Å². The van der Waals surface area contributed by atoms with E-state index in [1.165, 1.54) is 57.8 Å². The Hall–Kier alpha value is 0.807. The molecule has 0 aromatic carbocycles. The van der Waals surface area contributed by atoms with E-state index >= 15 is 0 Å². The largest absolute Gasteiger partial charge is 0.413 e. The smallest absolute Gasteiger partial charge is 0.192 e. The average molecular weight is 715 g/mol. The number of Topliss-reactive ketones (excluding diaryl/α,β-unsaturated/α-hetero) is 1. The number of hydrogen-bond donors (Lipinski definition) is 0. The van der Waals surface area contributed by atoms with E-state index in [4.69, 9.17) is 4.43 Å². The normalized spacial score (nSPS) is 45.1. The van der Waals surface area contributed by atoms with Crippen LogP contribution in [-0.4, -0.2) is 29.4 Å². The first-order valence-electron chi connectivity index (χ1n) is 17.1. The van der Waals surface area contributed by atoms with E-state index in [2.05, 4.69) is 100 Å². The van der Waals surface area contributed by atoms with E-state index in [0.717, 1.165) is 18.3 Å². The van der Waals surface area contributed by atoms with Gasteiger partial charge in [0.05, 0.1) is 15.3 Å². The van der Waals surface area contributed by atoms with Gasteiger partial charge in [-0.05, 0) is 147 Å². The maximum atomic E-state index is 13.0. The number of carbonyl (C=O) groups excluding carboxylic acids is 1. The van der Waals surface area contributed by atoms with E-state index < -0.39 is 12.6 Å². The maximum absolute atomic E-state index is 13.0. The van der Waals surface area contributed by atoms with E-state index in [-0.39, 0.29) is 21.1 Å². The van der Waals surface area contributed by atoms with Crippen molar-refractivity contribution in [2.75, 3.05) is 0 Å². The first-order chi connectivity index (χ1) is 18.5. The average Bonchev–Trinajstić information content (AvgIpc) is 3.41. The highest BCUT2D eigenvalue weighted by atomic mass is 79.9. The third kappa shape index (κ3) is 4.66. The molecule has 0 aromatic rings. The number of halogens is 2. The SMILES string of the molecule is C[C@H](CC(Br)C(=O)C(C)(C)Br)[C@H]1CC[C@@]2(C)[C@@H]3CC[C@H]4C(C)(C)[C@@H](O[Si](C)(C)C(C)(C)C)CC[C@@]45C[C@@]35CC[C@]12C. The Bertz CT molecular complexity index is 1060. The van der Waals surface area contributed by atoms with Gasteiger partial charge in [-0.2, -0.15) is 0 Å². The number of alkyl halides is 2. The second-order valence-electron chi connectivity index (χ2n) is 18.9. The van der Waals surface area contributed by atoms with Crippen molar-refractivity contribution in [3.63, 3.8) is 0 Å². The molecule has 1 unspecified atom stereocenters. The van der Waals surface area contributed by atoms with Crippen LogP contribution in [0.4, 0.5) is 0 Å². The topological polar surface area (TPSA) is 26.3 Å². The molecule has 0 amide bonds. The molecule has 0 saturated heterocycles. The van der Waals surface area contributed by atoms with E-state index in [0.29, 0.717) is 39.6 Å². The zero-order valence-electron chi connectivity index (χ0n) is 28.6. The van der Waals surface area contributed by atoms with Crippen molar-refractivity contribution in [3.05, 3.63) is 0 Å². The van der Waals surface area contributed by atoms with Crippen LogP contribution in [0.5, 0.6) is 0 Å². The summed E-state index contributed by atoms with van der Waals surface area (Å²) in [5.74, 6) is 3.25. The zero-order chi connectivity index (χ0) is 30.8. The number of carbonyl (C=O) groups is 1. The predicted molar refractivity (Wildman–Crippen MR) is 183 cm³/mol. The Kier molecular flexibility index (Phi) is 8.01. The molecule has 5 saturated carbocycles. The molecule has 5 aliphatic carbocycles. The van der Waals surface area contributed by atoms with E-state index in [9.17, 15) is 4.79 Å². The van der Waals surface area contributed by atoms with Crippen LogP contribution in [0.3, 0.4) is 0 Å². The number of fused-ring (bicyclic) bond motifs is 2. The summed E-state index contributed by atoms with van der Waals surface area (Å²) in [5.41, 5.74) is 2.22. The number of rotatable bonds is 7. The molecule has 5 aliphatic rings. The Labute approximate surface area is 271 Å². The molecule has 10 atom stereocenters. The highest BCUT2D eigenvalue weighted by Crippen LogP contribution is 2.89. The van der Waals surface area contributed by atoms with Gasteiger partial charge in [0.1, 0.15) is 0 Å². The minimum absolute atomic E-state index is 0.0645. The van der Waals surface area contributed by atoms with Crippen LogP contribution in [0, 0.1) is 50.7 Å². The molecule has 0 heterocycles. The van der Waals surface area contributed by atoms with Gasteiger partial charge in [-0.3, -0.25) is 4.79 Å². The van der Waals surface area contributed by atoms with Crippen LogP contribution in [-0.2, 0) is 9.22 Å².